The van der Waals surface area contributed by atoms with Crippen LogP contribution in [0.4, 0.5) is 13.2 Å². The molecule has 3 aromatic heterocycles. The van der Waals surface area contributed by atoms with Gasteiger partial charge < -0.3 is 0 Å². The summed E-state index contributed by atoms with van der Waals surface area (Å²) in [6.45, 7) is 7.85. The number of alkyl halides is 3. The minimum absolute atomic E-state index is 0.0683. The summed E-state index contributed by atoms with van der Waals surface area (Å²) in [4.78, 5) is 9.06. The van der Waals surface area contributed by atoms with Crippen molar-refractivity contribution in [1.29, 1.82) is 0 Å². The highest BCUT2D eigenvalue weighted by Gasteiger charge is 2.28. The van der Waals surface area contributed by atoms with E-state index >= 15 is 0 Å². The Morgan fingerprint density at radius 1 is 1.03 bits per heavy atom. The molecule has 3 heterocycles. The third-order valence-corrected chi connectivity index (χ3v) is 7.38. The zero-order valence-electron chi connectivity index (χ0n) is 21.2. The highest BCUT2D eigenvalue weighted by molar-refractivity contribution is 7.84. The monoisotopic (exact) mass is 529 g/mol. The predicted molar refractivity (Wildman–Crippen MR) is 141 cm³/mol. The van der Waals surface area contributed by atoms with Crippen LogP contribution < -0.4 is 4.72 Å². The fraction of sp³-hybridized carbons (Fsp3) is 0.370. The first kappa shape index (κ1) is 26.9. The molecule has 0 fully saturated rings. The molecule has 10 heteroatoms. The third-order valence-electron chi connectivity index (χ3n) is 5.77. The summed E-state index contributed by atoms with van der Waals surface area (Å²) in [6.07, 6.45) is -2.11. The third kappa shape index (κ3) is 6.61. The average Bonchev–Trinajstić information content (AvgIpc) is 3.25. The van der Waals surface area contributed by atoms with E-state index < -0.39 is 28.3 Å². The van der Waals surface area contributed by atoms with Crippen LogP contribution in [0.25, 0.3) is 28.0 Å². The predicted octanol–water partition coefficient (Wildman–Crippen LogP) is 6.48. The van der Waals surface area contributed by atoms with Crippen molar-refractivity contribution in [2.45, 2.75) is 63.9 Å². The summed E-state index contributed by atoms with van der Waals surface area (Å²) in [6, 6.07) is 15.9. The zero-order chi connectivity index (χ0) is 26.8. The summed E-state index contributed by atoms with van der Waals surface area (Å²) in [7, 11) is -1.25. The average molecular weight is 530 g/mol. The zero-order valence-corrected chi connectivity index (χ0v) is 22.0. The molecule has 196 valence electrons. The molecule has 1 unspecified atom stereocenters. The van der Waals surface area contributed by atoms with Gasteiger partial charge >= 0.3 is 6.18 Å². The first-order valence-electron chi connectivity index (χ1n) is 12.1. The largest absolute Gasteiger partial charge is 0.394 e. The second kappa shape index (κ2) is 10.7. The number of nitrogens with zero attached hydrogens (tertiary/aromatic N) is 4. The number of aromatic nitrogens is 4. The van der Waals surface area contributed by atoms with Crippen molar-refractivity contribution >= 4 is 21.9 Å². The maximum atomic E-state index is 12.9. The minimum Gasteiger partial charge on any atom is -0.251 e. The topological polar surface area (TPSA) is 72.7 Å². The van der Waals surface area contributed by atoms with Crippen LogP contribution in [0.2, 0.25) is 0 Å². The van der Waals surface area contributed by atoms with E-state index in [-0.39, 0.29) is 11.7 Å². The van der Waals surface area contributed by atoms with Crippen LogP contribution in [-0.4, -0.2) is 34.9 Å². The van der Waals surface area contributed by atoms with Crippen molar-refractivity contribution in [2.24, 2.45) is 0 Å². The molecular weight excluding hydrogens is 499 g/mol. The van der Waals surface area contributed by atoms with E-state index in [1.165, 1.54) is 10.7 Å². The summed E-state index contributed by atoms with van der Waals surface area (Å²) < 4.78 is 55.8. The Bertz CT molecular complexity index is 1410. The van der Waals surface area contributed by atoms with Gasteiger partial charge in [-0.25, -0.2) is 18.6 Å². The maximum absolute atomic E-state index is 12.9. The molecule has 6 nitrogen and oxygen atoms in total. The van der Waals surface area contributed by atoms with E-state index in [1.807, 2.05) is 57.2 Å². The molecule has 1 aromatic carbocycles. The van der Waals surface area contributed by atoms with Gasteiger partial charge in [-0.1, -0.05) is 37.6 Å². The fourth-order valence-electron chi connectivity index (χ4n) is 3.92. The standard InChI is InChI=1S/C27H30F3N5OS/c1-5-8-23(34-37(36)26(2,3)4)22-11-7-10-21(33-22)18-13-14-19-17-31-35(24(19)15-18)25-12-6-9-20(32-25)16-27(28,29)30/h6-7,9-15,17,23,34H,5,8,16H2,1-4H3/t23-,37?/m0/s1. The molecule has 2 atom stereocenters. The fourth-order valence-corrected chi connectivity index (χ4v) is 4.77. The Kier molecular flexibility index (Phi) is 7.80. The lowest BCUT2D eigenvalue weighted by Crippen LogP contribution is -2.36. The van der Waals surface area contributed by atoms with Gasteiger partial charge in [-0.05, 0) is 57.5 Å². The van der Waals surface area contributed by atoms with Gasteiger partial charge in [0.15, 0.2) is 5.82 Å². The van der Waals surface area contributed by atoms with Crippen molar-refractivity contribution in [3.05, 3.63) is 72.2 Å². The molecule has 0 spiro atoms. The van der Waals surface area contributed by atoms with Crippen LogP contribution in [0.1, 0.15) is 58.0 Å². The molecule has 4 rings (SSSR count). The molecule has 0 aliphatic carbocycles. The molecule has 37 heavy (non-hydrogen) atoms. The maximum Gasteiger partial charge on any atom is 0.394 e. The molecule has 1 N–H and O–H groups in total. The summed E-state index contributed by atoms with van der Waals surface area (Å²) in [5.41, 5.74) is 3.00. The van der Waals surface area contributed by atoms with Crippen LogP contribution in [0.5, 0.6) is 0 Å². The van der Waals surface area contributed by atoms with Crippen molar-refractivity contribution in [3.63, 3.8) is 0 Å². The van der Waals surface area contributed by atoms with Gasteiger partial charge in [0.25, 0.3) is 0 Å². The van der Waals surface area contributed by atoms with Crippen LogP contribution in [0.3, 0.4) is 0 Å². The normalized spacial score (nSPS) is 14.1. The molecule has 0 saturated carbocycles. The molecule has 0 radical (unpaired) electrons. The molecule has 0 saturated heterocycles. The number of nitrogens with one attached hydrogen (secondary N) is 1. The van der Waals surface area contributed by atoms with E-state index in [4.69, 9.17) is 4.98 Å². The molecule has 4 aromatic rings. The number of pyridine rings is 2. The second-order valence-corrected chi connectivity index (χ2v) is 11.9. The van der Waals surface area contributed by atoms with Crippen molar-refractivity contribution in [3.8, 4) is 17.1 Å². The Labute approximate surface area is 216 Å². The Morgan fingerprint density at radius 3 is 2.49 bits per heavy atom. The number of halogens is 3. The first-order chi connectivity index (χ1) is 17.4. The molecule has 0 bridgehead atoms. The van der Waals surface area contributed by atoms with E-state index in [1.54, 1.807) is 18.3 Å². The van der Waals surface area contributed by atoms with Gasteiger partial charge in [0.2, 0.25) is 0 Å². The summed E-state index contributed by atoms with van der Waals surface area (Å²) >= 11 is 0. The highest BCUT2D eigenvalue weighted by Crippen LogP contribution is 2.28. The summed E-state index contributed by atoms with van der Waals surface area (Å²) in [5, 5.41) is 5.20. The number of hydrogen-bond acceptors (Lipinski definition) is 4. The lowest BCUT2D eigenvalue weighted by Gasteiger charge is -2.24. The highest BCUT2D eigenvalue weighted by atomic mass is 32.2. The summed E-state index contributed by atoms with van der Waals surface area (Å²) in [5.74, 6) is 0.312. The molecule has 0 amide bonds. The smallest absolute Gasteiger partial charge is 0.251 e. The van der Waals surface area contributed by atoms with Gasteiger partial charge in [-0.15, -0.1) is 0 Å². The van der Waals surface area contributed by atoms with Gasteiger partial charge in [0.1, 0.15) is 0 Å². The number of hydrogen-bond donors (Lipinski definition) is 1. The van der Waals surface area contributed by atoms with Gasteiger partial charge in [0.05, 0.1) is 57.0 Å². The Balaban J connectivity index is 1.69. The van der Waals surface area contributed by atoms with Crippen LogP contribution in [0.15, 0.2) is 60.8 Å². The van der Waals surface area contributed by atoms with Gasteiger partial charge in [0, 0.05) is 10.9 Å². The van der Waals surface area contributed by atoms with E-state index in [2.05, 4.69) is 21.7 Å². The van der Waals surface area contributed by atoms with Gasteiger partial charge in [-0.3, -0.25) is 4.98 Å². The van der Waals surface area contributed by atoms with Crippen LogP contribution in [-0.2, 0) is 17.4 Å². The second-order valence-electron chi connectivity index (χ2n) is 9.90. The number of fused-ring (bicyclic) bond motifs is 1. The van der Waals surface area contributed by atoms with Crippen molar-refractivity contribution < 1.29 is 17.4 Å². The molecule has 0 aliphatic heterocycles. The molecule has 0 aliphatic rings. The van der Waals surface area contributed by atoms with Crippen molar-refractivity contribution in [1.82, 2.24) is 24.5 Å². The Morgan fingerprint density at radius 2 is 1.78 bits per heavy atom. The lowest BCUT2D eigenvalue weighted by molar-refractivity contribution is -0.127. The number of rotatable bonds is 8. The molecular formula is C27H30F3N5OS. The first-order valence-corrected chi connectivity index (χ1v) is 13.3. The number of benzene rings is 1. The van der Waals surface area contributed by atoms with Gasteiger partial charge in [-0.2, -0.15) is 18.3 Å². The van der Waals surface area contributed by atoms with Crippen molar-refractivity contribution in [2.75, 3.05) is 0 Å². The minimum atomic E-state index is -4.34. The van der Waals surface area contributed by atoms with E-state index in [0.29, 0.717) is 11.3 Å². The van der Waals surface area contributed by atoms with Crippen LogP contribution in [0, 0.1) is 0 Å². The quantitative estimate of drug-likeness (QED) is 0.284. The lowest BCUT2D eigenvalue weighted by atomic mass is 10.1. The van der Waals surface area contributed by atoms with Crippen LogP contribution >= 0.6 is 0 Å². The SMILES string of the molecule is CCC[C@H](NS(=O)C(C)(C)C)c1cccc(-c2ccc3cnn(-c4cccc(CC(F)(F)F)n4)c3c2)n1. The van der Waals surface area contributed by atoms with E-state index in [0.717, 1.165) is 35.2 Å². The van der Waals surface area contributed by atoms with E-state index in [9.17, 15) is 17.4 Å². The Hall–Kier alpha value is -3.11.